The number of amides is 1. The summed E-state index contributed by atoms with van der Waals surface area (Å²) in [6.45, 7) is 3.67. The molecule has 11 nitrogen and oxygen atoms in total. The van der Waals surface area contributed by atoms with Crippen molar-refractivity contribution in [3.63, 3.8) is 0 Å². The van der Waals surface area contributed by atoms with Gasteiger partial charge in [-0.05, 0) is 52.3 Å². The molecule has 1 saturated heterocycles. The molecular formula is C25H29F2N9O2. The van der Waals surface area contributed by atoms with Crippen LogP contribution in [0.25, 0.3) is 22.2 Å². The first-order valence-electron chi connectivity index (χ1n) is 11.9. The molecule has 200 valence electrons. The van der Waals surface area contributed by atoms with Gasteiger partial charge in [-0.2, -0.15) is 19.0 Å². The highest BCUT2D eigenvalue weighted by atomic mass is 19.3. The number of nitrogens with zero attached hydrogens (tertiary/aromatic N) is 5. The topological polar surface area (TPSA) is 136 Å². The summed E-state index contributed by atoms with van der Waals surface area (Å²) in [6, 6.07) is 3.28. The van der Waals surface area contributed by atoms with Crippen LogP contribution in [0, 0.1) is 5.41 Å². The number of carbonyl (C=O) groups excluding carboxylic acids is 1. The number of hydrogen-bond acceptors (Lipinski definition) is 8. The van der Waals surface area contributed by atoms with Crippen molar-refractivity contribution in [3.8, 4) is 17.0 Å². The summed E-state index contributed by atoms with van der Waals surface area (Å²) in [4.78, 5) is 19.3. The number of likely N-dealkylation sites (N-methyl/N-ethyl adjacent to an activating group) is 1. The van der Waals surface area contributed by atoms with Gasteiger partial charge in [-0.1, -0.05) is 6.08 Å². The number of aliphatic imine (C=N–C) groups is 1. The quantitative estimate of drug-likeness (QED) is 0.222. The summed E-state index contributed by atoms with van der Waals surface area (Å²) in [5.41, 5.74) is 1.17. The molecule has 1 atom stereocenters. The Hall–Kier alpha value is -4.39. The van der Waals surface area contributed by atoms with E-state index in [2.05, 4.69) is 42.5 Å². The fourth-order valence-corrected chi connectivity index (χ4v) is 4.38. The fraction of sp³-hybridized carbons (Fsp3) is 0.320. The van der Waals surface area contributed by atoms with Gasteiger partial charge in [-0.25, -0.2) is 4.99 Å². The first-order chi connectivity index (χ1) is 18.3. The van der Waals surface area contributed by atoms with Gasteiger partial charge in [0.2, 0.25) is 0 Å². The van der Waals surface area contributed by atoms with E-state index < -0.39 is 12.5 Å². The minimum absolute atomic E-state index is 0.0818. The zero-order chi connectivity index (χ0) is 27.2. The Morgan fingerprint density at radius 3 is 2.92 bits per heavy atom. The molecule has 3 aromatic rings. The summed E-state index contributed by atoms with van der Waals surface area (Å²) in [5, 5.41) is 25.4. The van der Waals surface area contributed by atoms with Crippen molar-refractivity contribution in [2.45, 2.75) is 39.0 Å². The summed E-state index contributed by atoms with van der Waals surface area (Å²) in [7, 11) is 2.04. The molecular weight excluding hydrogens is 496 g/mol. The van der Waals surface area contributed by atoms with Gasteiger partial charge in [-0.15, -0.1) is 0 Å². The van der Waals surface area contributed by atoms with Crippen LogP contribution in [0.1, 0.15) is 19.8 Å². The number of fused-ring (bicyclic) bond motifs is 1. The lowest BCUT2D eigenvalue weighted by molar-refractivity contribution is -0.112. The van der Waals surface area contributed by atoms with Crippen molar-refractivity contribution in [1.29, 1.82) is 5.41 Å². The van der Waals surface area contributed by atoms with E-state index in [-0.39, 0.29) is 40.1 Å². The maximum Gasteiger partial charge on any atom is 0.387 e. The SMILES string of the molecule is C=N/C(N/C=C\C)=C(/C=N)C(=O)Nc1cn(C[C@H]2CCCN2C)nc1-c1cc2cn[nH]c2cc1OC(F)F. The highest BCUT2D eigenvalue weighted by Crippen LogP contribution is 2.38. The Kier molecular flexibility index (Phi) is 8.26. The normalized spacial score (nSPS) is 16.7. The number of alkyl halides is 2. The third-order valence-electron chi connectivity index (χ3n) is 6.28. The lowest BCUT2D eigenvalue weighted by Crippen LogP contribution is -2.29. The molecule has 1 aliphatic heterocycles. The molecule has 0 saturated carbocycles. The van der Waals surface area contributed by atoms with Gasteiger partial charge in [0, 0.05) is 35.5 Å². The minimum atomic E-state index is -3.08. The van der Waals surface area contributed by atoms with Gasteiger partial charge in [0.15, 0.2) is 0 Å². The third kappa shape index (κ3) is 5.78. The molecule has 0 bridgehead atoms. The van der Waals surface area contributed by atoms with Gasteiger partial charge < -0.3 is 25.7 Å². The number of benzene rings is 1. The number of nitrogens with one attached hydrogen (secondary N) is 4. The molecule has 38 heavy (non-hydrogen) atoms. The molecule has 13 heteroatoms. The lowest BCUT2D eigenvalue weighted by Gasteiger charge is -2.18. The Morgan fingerprint density at radius 2 is 2.26 bits per heavy atom. The number of aromatic amines is 1. The van der Waals surface area contributed by atoms with E-state index in [1.165, 1.54) is 6.07 Å². The Balaban J connectivity index is 1.80. The standard InChI is InChI=1S/C25H29F2N9O2/c1-4-7-30-23(29-2)18(11-28)24(37)32-20-14-36(13-16-6-5-8-35(16)3)34-22(20)17-9-15-12-31-33-19(15)10-21(17)38-25(26)27/h4,7,9-12,14,16,25,28,30H,2,5-6,8,13H2,1,3H3,(H,31,33)(H,32,37)/b7-4-,23-18+,28-11?/t16-/m1/s1. The van der Waals surface area contributed by atoms with Crippen LogP contribution in [-0.4, -0.2) is 70.0 Å². The monoisotopic (exact) mass is 525 g/mol. The molecule has 1 fully saturated rings. The van der Waals surface area contributed by atoms with Crippen molar-refractivity contribution >= 4 is 35.4 Å². The summed E-state index contributed by atoms with van der Waals surface area (Å²) >= 11 is 0. The van der Waals surface area contributed by atoms with E-state index in [1.807, 2.05) is 7.05 Å². The molecule has 1 aliphatic rings. The lowest BCUT2D eigenvalue weighted by atomic mass is 10.1. The second-order valence-corrected chi connectivity index (χ2v) is 8.74. The molecule has 0 unspecified atom stereocenters. The smallest absolute Gasteiger partial charge is 0.387 e. The first kappa shape index (κ1) is 26.7. The van der Waals surface area contributed by atoms with E-state index in [0.717, 1.165) is 25.6 Å². The number of aromatic nitrogens is 4. The van der Waals surface area contributed by atoms with E-state index >= 15 is 0 Å². The summed E-state index contributed by atoms with van der Waals surface area (Å²) in [6.07, 6.45) is 9.36. The maximum absolute atomic E-state index is 13.3. The van der Waals surface area contributed by atoms with Crippen LogP contribution >= 0.6 is 0 Å². The van der Waals surface area contributed by atoms with Gasteiger partial charge in [0.1, 0.15) is 17.3 Å². The largest absolute Gasteiger partial charge is 0.434 e. The Morgan fingerprint density at radius 1 is 1.45 bits per heavy atom. The highest BCUT2D eigenvalue weighted by Gasteiger charge is 2.25. The van der Waals surface area contributed by atoms with Crippen LogP contribution in [0.3, 0.4) is 0 Å². The number of halogens is 2. The molecule has 0 spiro atoms. The molecule has 1 aromatic carbocycles. The zero-order valence-electron chi connectivity index (χ0n) is 21.0. The van der Waals surface area contributed by atoms with Gasteiger partial charge in [0.25, 0.3) is 5.91 Å². The van der Waals surface area contributed by atoms with E-state index in [9.17, 15) is 13.6 Å². The number of H-pyrrole nitrogens is 1. The molecule has 4 rings (SSSR count). The molecule has 0 radical (unpaired) electrons. The highest BCUT2D eigenvalue weighted by molar-refractivity contribution is 6.18. The number of likely N-dealkylation sites (tertiary alicyclic amines) is 1. The fourth-order valence-electron chi connectivity index (χ4n) is 4.38. The third-order valence-corrected chi connectivity index (χ3v) is 6.28. The molecule has 0 aliphatic carbocycles. The van der Waals surface area contributed by atoms with Crippen LogP contribution in [0.2, 0.25) is 0 Å². The molecule has 1 amide bonds. The predicted octanol–water partition coefficient (Wildman–Crippen LogP) is 3.75. The zero-order valence-corrected chi connectivity index (χ0v) is 21.0. The number of carbonyl (C=O) groups is 1. The second-order valence-electron chi connectivity index (χ2n) is 8.74. The van der Waals surface area contributed by atoms with Crippen LogP contribution in [0.5, 0.6) is 5.75 Å². The first-order valence-corrected chi connectivity index (χ1v) is 11.9. The Bertz CT molecular complexity index is 1390. The number of ether oxygens (including phenoxy) is 1. The summed E-state index contributed by atoms with van der Waals surface area (Å²) in [5.74, 6) is -0.695. The summed E-state index contributed by atoms with van der Waals surface area (Å²) < 4.78 is 33.2. The number of hydrogen-bond donors (Lipinski definition) is 4. The predicted molar refractivity (Wildman–Crippen MR) is 142 cm³/mol. The van der Waals surface area contributed by atoms with E-state index in [4.69, 9.17) is 10.1 Å². The average molecular weight is 526 g/mol. The van der Waals surface area contributed by atoms with E-state index in [0.29, 0.717) is 17.4 Å². The number of allylic oxidation sites excluding steroid dienone is 1. The van der Waals surface area contributed by atoms with Crippen molar-refractivity contribution in [2.24, 2.45) is 4.99 Å². The second kappa shape index (κ2) is 11.8. The average Bonchev–Trinajstić information content (AvgIpc) is 3.61. The van der Waals surface area contributed by atoms with Crippen molar-refractivity contribution in [1.82, 2.24) is 30.2 Å². The maximum atomic E-state index is 13.3. The molecule has 3 heterocycles. The van der Waals surface area contributed by atoms with Gasteiger partial charge in [-0.3, -0.25) is 14.6 Å². The van der Waals surface area contributed by atoms with E-state index in [1.54, 1.807) is 42.3 Å². The minimum Gasteiger partial charge on any atom is -0.434 e. The molecule has 2 aromatic heterocycles. The van der Waals surface area contributed by atoms with Gasteiger partial charge in [0.05, 0.1) is 29.5 Å². The van der Waals surface area contributed by atoms with Crippen LogP contribution in [0.4, 0.5) is 14.5 Å². The van der Waals surface area contributed by atoms with Crippen LogP contribution in [-0.2, 0) is 11.3 Å². The van der Waals surface area contributed by atoms with Crippen molar-refractivity contribution < 1.29 is 18.3 Å². The van der Waals surface area contributed by atoms with Crippen molar-refractivity contribution in [3.05, 3.63) is 48.2 Å². The number of anilines is 1. The molecule has 4 N–H and O–H groups in total. The Labute approximate surface area is 217 Å². The number of rotatable bonds is 11. The van der Waals surface area contributed by atoms with Crippen LogP contribution in [0.15, 0.2) is 53.2 Å². The van der Waals surface area contributed by atoms with Gasteiger partial charge >= 0.3 is 6.61 Å². The van der Waals surface area contributed by atoms with Crippen LogP contribution < -0.4 is 15.4 Å². The van der Waals surface area contributed by atoms with Crippen molar-refractivity contribution in [2.75, 3.05) is 18.9 Å².